The third kappa shape index (κ3) is 3.30. The molecule has 0 spiro atoms. The lowest BCUT2D eigenvalue weighted by molar-refractivity contribution is -0.145. The Balaban J connectivity index is 1.78. The molecule has 0 saturated carbocycles. The van der Waals surface area contributed by atoms with E-state index in [4.69, 9.17) is 9.47 Å². The number of nitrogens with one attached hydrogen (secondary N) is 1. The smallest absolute Gasteiger partial charge is 0.320 e. The molecule has 0 bridgehead atoms. The molecule has 0 aliphatic carbocycles. The van der Waals surface area contributed by atoms with E-state index >= 15 is 0 Å². The van der Waals surface area contributed by atoms with E-state index in [-0.39, 0.29) is 18.6 Å². The number of nitrogens with zero attached hydrogens (tertiary/aromatic N) is 1. The number of carbonyl (C=O) groups excluding carboxylic acids is 1. The van der Waals surface area contributed by atoms with E-state index in [9.17, 15) is 4.79 Å². The monoisotopic (exact) mass is 364 g/mol. The van der Waals surface area contributed by atoms with Gasteiger partial charge in [0.05, 0.1) is 26.3 Å². The van der Waals surface area contributed by atoms with Gasteiger partial charge in [-0.3, -0.25) is 9.69 Å². The third-order valence-electron chi connectivity index (χ3n) is 5.20. The van der Waals surface area contributed by atoms with E-state index in [1.807, 2.05) is 25.1 Å². The lowest BCUT2D eigenvalue weighted by Gasteiger charge is -2.35. The molecule has 0 radical (unpaired) electrons. The first kappa shape index (κ1) is 17.6. The van der Waals surface area contributed by atoms with Crippen LogP contribution in [-0.4, -0.2) is 42.7 Å². The number of ether oxygens (including phenoxy) is 2. The predicted octanol–water partition coefficient (Wildman–Crippen LogP) is 3.69. The summed E-state index contributed by atoms with van der Waals surface area (Å²) in [6, 6.07) is 16.4. The van der Waals surface area contributed by atoms with Gasteiger partial charge in [-0.2, -0.15) is 0 Å². The molecule has 1 aliphatic rings. The maximum Gasteiger partial charge on any atom is 0.320 e. The molecule has 5 heteroatoms. The van der Waals surface area contributed by atoms with Gasteiger partial charge in [0.2, 0.25) is 0 Å². The van der Waals surface area contributed by atoms with Gasteiger partial charge in [0.1, 0.15) is 5.75 Å². The van der Waals surface area contributed by atoms with Gasteiger partial charge in [0.15, 0.2) is 0 Å². The number of esters is 1. The highest BCUT2D eigenvalue weighted by Gasteiger charge is 2.32. The number of aromatic nitrogens is 1. The van der Waals surface area contributed by atoms with E-state index in [1.54, 1.807) is 7.11 Å². The van der Waals surface area contributed by atoms with Crippen molar-refractivity contribution in [2.24, 2.45) is 0 Å². The molecule has 27 heavy (non-hydrogen) atoms. The fourth-order valence-electron chi connectivity index (χ4n) is 4.00. The van der Waals surface area contributed by atoms with Crippen LogP contribution in [0.4, 0.5) is 0 Å². The quantitative estimate of drug-likeness (QED) is 0.702. The van der Waals surface area contributed by atoms with Crippen LogP contribution in [-0.2, 0) is 16.0 Å². The number of methoxy groups -OCH3 is 1. The maximum atomic E-state index is 12.2. The van der Waals surface area contributed by atoms with Crippen molar-refractivity contribution in [1.82, 2.24) is 9.88 Å². The second-order valence-corrected chi connectivity index (χ2v) is 6.76. The summed E-state index contributed by atoms with van der Waals surface area (Å²) in [5.74, 6) is 0.638. The highest BCUT2D eigenvalue weighted by molar-refractivity contribution is 5.85. The molecular weight excluding hydrogens is 340 g/mol. The highest BCUT2D eigenvalue weighted by Crippen LogP contribution is 2.38. The normalized spacial score (nSPS) is 16.9. The number of hydrogen-bond acceptors (Lipinski definition) is 4. The van der Waals surface area contributed by atoms with Gasteiger partial charge in [-0.1, -0.05) is 30.3 Å². The molecule has 140 valence electrons. The van der Waals surface area contributed by atoms with Gasteiger partial charge in [0.25, 0.3) is 0 Å². The van der Waals surface area contributed by atoms with Crippen molar-refractivity contribution >= 4 is 16.9 Å². The van der Waals surface area contributed by atoms with E-state index in [2.05, 4.69) is 40.2 Å². The maximum absolute atomic E-state index is 12.2. The topological polar surface area (TPSA) is 54.6 Å². The summed E-state index contributed by atoms with van der Waals surface area (Å²) in [5.41, 5.74) is 4.77. The highest BCUT2D eigenvalue weighted by atomic mass is 16.5. The molecule has 3 aromatic rings. The molecule has 1 atom stereocenters. The summed E-state index contributed by atoms with van der Waals surface area (Å²) >= 11 is 0. The number of hydrogen-bond donors (Lipinski definition) is 1. The van der Waals surface area contributed by atoms with Crippen molar-refractivity contribution in [2.75, 3.05) is 26.8 Å². The van der Waals surface area contributed by atoms with Crippen molar-refractivity contribution in [1.29, 1.82) is 0 Å². The first-order chi connectivity index (χ1) is 13.2. The van der Waals surface area contributed by atoms with Crippen LogP contribution in [0.3, 0.4) is 0 Å². The van der Waals surface area contributed by atoms with Crippen molar-refractivity contribution in [2.45, 2.75) is 19.4 Å². The fourth-order valence-corrected chi connectivity index (χ4v) is 4.00. The Morgan fingerprint density at radius 1 is 1.19 bits per heavy atom. The van der Waals surface area contributed by atoms with Gasteiger partial charge in [-0.15, -0.1) is 0 Å². The van der Waals surface area contributed by atoms with E-state index in [0.717, 1.165) is 35.5 Å². The summed E-state index contributed by atoms with van der Waals surface area (Å²) in [7, 11) is 1.67. The van der Waals surface area contributed by atoms with E-state index < -0.39 is 0 Å². The zero-order valence-corrected chi connectivity index (χ0v) is 15.7. The molecule has 2 heterocycles. The van der Waals surface area contributed by atoms with Crippen LogP contribution in [0.5, 0.6) is 5.75 Å². The van der Waals surface area contributed by atoms with Crippen LogP contribution < -0.4 is 4.74 Å². The molecule has 0 saturated heterocycles. The summed E-state index contributed by atoms with van der Waals surface area (Å²) in [5, 5.41) is 1.27. The summed E-state index contributed by atoms with van der Waals surface area (Å²) < 4.78 is 10.5. The van der Waals surface area contributed by atoms with Gasteiger partial charge in [-0.25, -0.2) is 0 Å². The summed E-state index contributed by atoms with van der Waals surface area (Å²) in [4.78, 5) is 18.0. The number of H-pyrrole nitrogens is 1. The molecule has 1 aliphatic heterocycles. The Morgan fingerprint density at radius 2 is 1.96 bits per heavy atom. The molecule has 0 amide bonds. The average molecular weight is 364 g/mol. The molecule has 5 nitrogen and oxygen atoms in total. The van der Waals surface area contributed by atoms with E-state index in [1.165, 1.54) is 10.9 Å². The minimum absolute atomic E-state index is 0.0172. The standard InChI is InChI=1S/C22H24N2O3/c1-3-27-20(25)14-24-13-12-18-17-6-4-5-7-19(17)23-21(18)22(24)15-8-10-16(26-2)11-9-15/h4-11,22-23H,3,12-14H2,1-2H3. The van der Waals surface area contributed by atoms with Crippen molar-refractivity contribution in [3.8, 4) is 5.75 Å². The average Bonchev–Trinajstić information content (AvgIpc) is 3.07. The molecular formula is C22H24N2O3. The van der Waals surface area contributed by atoms with Gasteiger partial charge in [0, 0.05) is 23.1 Å². The minimum Gasteiger partial charge on any atom is -0.497 e. The van der Waals surface area contributed by atoms with Crippen molar-refractivity contribution in [3.05, 3.63) is 65.4 Å². The molecule has 1 aromatic heterocycles. The zero-order valence-electron chi connectivity index (χ0n) is 15.7. The molecule has 0 fully saturated rings. The number of para-hydroxylation sites is 1. The molecule has 4 rings (SSSR count). The SMILES string of the molecule is CCOC(=O)CN1CCc2c([nH]c3ccccc23)C1c1ccc(OC)cc1. The van der Waals surface area contributed by atoms with Crippen molar-refractivity contribution < 1.29 is 14.3 Å². The Kier molecular flexibility index (Phi) is 4.86. The first-order valence-electron chi connectivity index (χ1n) is 9.34. The van der Waals surface area contributed by atoms with Gasteiger partial charge >= 0.3 is 5.97 Å². The van der Waals surface area contributed by atoms with Gasteiger partial charge in [-0.05, 0) is 42.7 Å². The lowest BCUT2D eigenvalue weighted by atomic mass is 9.92. The Hall–Kier alpha value is -2.79. The summed E-state index contributed by atoms with van der Waals surface area (Å²) in [6.45, 7) is 3.33. The zero-order chi connectivity index (χ0) is 18.8. The minimum atomic E-state index is -0.185. The van der Waals surface area contributed by atoms with Crippen LogP contribution in [0.25, 0.3) is 10.9 Å². The fraction of sp³-hybridized carbons (Fsp3) is 0.318. The number of benzene rings is 2. The molecule has 2 aromatic carbocycles. The third-order valence-corrected chi connectivity index (χ3v) is 5.20. The number of carbonyl (C=O) groups is 1. The Morgan fingerprint density at radius 3 is 2.70 bits per heavy atom. The predicted molar refractivity (Wildman–Crippen MR) is 105 cm³/mol. The van der Waals surface area contributed by atoms with Crippen LogP contribution in [0.1, 0.15) is 29.8 Å². The molecule has 1 unspecified atom stereocenters. The first-order valence-corrected chi connectivity index (χ1v) is 9.34. The van der Waals surface area contributed by atoms with Crippen LogP contribution >= 0.6 is 0 Å². The Labute approximate surface area is 158 Å². The largest absolute Gasteiger partial charge is 0.497 e. The number of rotatable bonds is 5. The summed E-state index contributed by atoms with van der Waals surface area (Å²) in [6.07, 6.45) is 0.908. The van der Waals surface area contributed by atoms with E-state index in [0.29, 0.717) is 6.61 Å². The van der Waals surface area contributed by atoms with Crippen LogP contribution in [0.15, 0.2) is 48.5 Å². The van der Waals surface area contributed by atoms with Crippen LogP contribution in [0, 0.1) is 0 Å². The molecule has 1 N–H and O–H groups in total. The Bertz CT molecular complexity index is 946. The second kappa shape index (κ2) is 7.45. The number of fused-ring (bicyclic) bond motifs is 3. The van der Waals surface area contributed by atoms with Gasteiger partial charge < -0.3 is 14.5 Å². The lowest BCUT2D eigenvalue weighted by Crippen LogP contribution is -2.40. The second-order valence-electron chi connectivity index (χ2n) is 6.76. The van der Waals surface area contributed by atoms with Crippen LogP contribution in [0.2, 0.25) is 0 Å². The number of aromatic amines is 1. The van der Waals surface area contributed by atoms with Crippen molar-refractivity contribution in [3.63, 3.8) is 0 Å².